The number of benzene rings is 2. The molecule has 0 bridgehead atoms. The summed E-state index contributed by atoms with van der Waals surface area (Å²) in [6, 6.07) is 10.1. The second-order valence-electron chi connectivity index (χ2n) is 7.73. The van der Waals surface area contributed by atoms with Crippen LogP contribution < -0.4 is 15.4 Å². The highest BCUT2D eigenvalue weighted by Crippen LogP contribution is 2.40. The normalized spacial score (nSPS) is 11.3. The molecule has 0 radical (unpaired) electrons. The van der Waals surface area contributed by atoms with E-state index in [0.717, 1.165) is 72.0 Å². The first-order chi connectivity index (χ1) is 15.0. The van der Waals surface area contributed by atoms with Gasteiger partial charge in [-0.1, -0.05) is 41.4 Å². The average Bonchev–Trinajstić information content (AvgIpc) is 3.05. The lowest BCUT2D eigenvalue weighted by molar-refractivity contribution is 0.311. The van der Waals surface area contributed by atoms with Gasteiger partial charge in [0.25, 0.3) is 0 Å². The van der Waals surface area contributed by atoms with Crippen LogP contribution in [0.15, 0.2) is 30.3 Å². The molecule has 5 nitrogen and oxygen atoms in total. The number of ether oxygens (including phenoxy) is 1. The van der Waals surface area contributed by atoms with Gasteiger partial charge in [-0.25, -0.2) is 4.98 Å². The number of fused-ring (bicyclic) bond motifs is 1. The van der Waals surface area contributed by atoms with Crippen molar-refractivity contribution in [2.45, 2.75) is 39.5 Å². The molecule has 2 N–H and O–H groups in total. The van der Waals surface area contributed by atoms with Gasteiger partial charge in [-0.2, -0.15) is 0 Å². The lowest BCUT2D eigenvalue weighted by Gasteiger charge is -2.25. The number of alkyl halides is 1. The van der Waals surface area contributed by atoms with Crippen molar-refractivity contribution < 1.29 is 4.74 Å². The minimum Gasteiger partial charge on any atom is -0.493 e. The van der Waals surface area contributed by atoms with Crippen molar-refractivity contribution in [1.29, 1.82) is 0 Å². The smallest absolute Gasteiger partial charge is 0.201 e. The van der Waals surface area contributed by atoms with E-state index in [2.05, 4.69) is 46.8 Å². The van der Waals surface area contributed by atoms with Crippen molar-refractivity contribution in [3.8, 4) is 16.9 Å². The quantitative estimate of drug-likeness (QED) is 0.233. The zero-order chi connectivity index (χ0) is 22.4. The van der Waals surface area contributed by atoms with Crippen LogP contribution in [0.3, 0.4) is 0 Å². The first kappa shape index (κ1) is 23.7. The van der Waals surface area contributed by atoms with Gasteiger partial charge in [-0.05, 0) is 56.0 Å². The first-order valence-corrected chi connectivity index (χ1v) is 12.5. The maximum atomic E-state index is 6.29. The number of imidazole rings is 1. The van der Waals surface area contributed by atoms with E-state index >= 15 is 0 Å². The summed E-state index contributed by atoms with van der Waals surface area (Å²) in [5.74, 6) is 1.28. The average molecular weight is 508 g/mol. The predicted octanol–water partition coefficient (Wildman–Crippen LogP) is 6.66. The molecule has 0 unspecified atom stereocenters. The largest absolute Gasteiger partial charge is 0.493 e. The highest BCUT2D eigenvalue weighted by molar-refractivity contribution is 9.09. The van der Waals surface area contributed by atoms with E-state index in [1.165, 1.54) is 5.69 Å². The molecule has 1 aromatic heterocycles. The molecule has 0 aliphatic rings. The molecule has 0 saturated carbocycles. The molecule has 31 heavy (non-hydrogen) atoms. The number of nitrogens with zero attached hydrogens (tertiary/aromatic N) is 3. The first-order valence-electron chi connectivity index (χ1n) is 11.0. The minimum atomic E-state index is 0.505. The minimum absolute atomic E-state index is 0.505. The Morgan fingerprint density at radius 2 is 1.81 bits per heavy atom. The Hall–Kier alpha value is -1.92. The van der Waals surface area contributed by atoms with E-state index in [0.29, 0.717) is 17.6 Å². The summed E-state index contributed by atoms with van der Waals surface area (Å²) in [6.45, 7) is 7.05. The van der Waals surface area contributed by atoms with Crippen molar-refractivity contribution >= 4 is 50.2 Å². The molecule has 0 aliphatic carbocycles. The Morgan fingerprint density at radius 1 is 1.10 bits per heavy atom. The lowest BCUT2D eigenvalue weighted by Crippen LogP contribution is -2.25. The molecular formula is C24H32BrClN4O. The van der Waals surface area contributed by atoms with Crippen LogP contribution in [0.4, 0.5) is 11.6 Å². The van der Waals surface area contributed by atoms with E-state index in [1.807, 2.05) is 29.8 Å². The Kier molecular flexibility index (Phi) is 8.50. The maximum Gasteiger partial charge on any atom is 0.201 e. The Balaban J connectivity index is 2.12. The molecular weight excluding hydrogens is 476 g/mol. The summed E-state index contributed by atoms with van der Waals surface area (Å²) in [4.78, 5) is 7.17. The van der Waals surface area contributed by atoms with Crippen LogP contribution in [0.5, 0.6) is 5.75 Å². The van der Waals surface area contributed by atoms with Gasteiger partial charge in [0, 0.05) is 41.6 Å². The predicted molar refractivity (Wildman–Crippen MR) is 137 cm³/mol. The number of rotatable bonds is 11. The molecule has 0 aliphatic heterocycles. The summed E-state index contributed by atoms with van der Waals surface area (Å²) < 4.78 is 8.12. The summed E-state index contributed by atoms with van der Waals surface area (Å²) >= 11 is 9.77. The Bertz CT molecular complexity index is 1010. The highest BCUT2D eigenvalue weighted by atomic mass is 79.9. The molecule has 7 heteroatoms. The van der Waals surface area contributed by atoms with Gasteiger partial charge in [0.2, 0.25) is 5.95 Å². The van der Waals surface area contributed by atoms with Crippen LogP contribution in [0.2, 0.25) is 5.02 Å². The number of nitrogens with two attached hydrogens (primary N) is 1. The zero-order valence-corrected chi connectivity index (χ0v) is 21.0. The van der Waals surface area contributed by atoms with Gasteiger partial charge in [0.15, 0.2) is 0 Å². The fraction of sp³-hybridized carbons (Fsp3) is 0.458. The van der Waals surface area contributed by atoms with Crippen LogP contribution >= 0.6 is 27.5 Å². The van der Waals surface area contributed by atoms with Crippen LogP contribution in [-0.2, 0) is 7.05 Å². The van der Waals surface area contributed by atoms with Crippen molar-refractivity contribution in [3.63, 3.8) is 0 Å². The highest BCUT2D eigenvalue weighted by Gasteiger charge is 2.20. The summed E-state index contributed by atoms with van der Waals surface area (Å²) in [6.07, 6.45) is 4.21. The molecule has 0 fully saturated rings. The van der Waals surface area contributed by atoms with E-state index in [1.54, 1.807) is 0 Å². The molecule has 0 saturated heterocycles. The number of hydrogen-bond acceptors (Lipinski definition) is 4. The van der Waals surface area contributed by atoms with Gasteiger partial charge in [0.1, 0.15) is 11.3 Å². The third kappa shape index (κ3) is 5.29. The monoisotopic (exact) mass is 506 g/mol. The molecule has 3 rings (SSSR count). The lowest BCUT2D eigenvalue weighted by atomic mass is 10.0. The topological polar surface area (TPSA) is 56.3 Å². The van der Waals surface area contributed by atoms with E-state index in [-0.39, 0.29) is 0 Å². The van der Waals surface area contributed by atoms with Gasteiger partial charge in [-0.3, -0.25) is 0 Å². The number of halogens is 2. The van der Waals surface area contributed by atoms with Crippen molar-refractivity contribution in [2.75, 3.05) is 35.7 Å². The Labute approximate surface area is 198 Å². The number of unbranched alkanes of at least 4 members (excludes halogenated alkanes) is 1. The summed E-state index contributed by atoms with van der Waals surface area (Å²) in [5.41, 5.74) is 11.4. The molecule has 2 aromatic carbocycles. The van der Waals surface area contributed by atoms with E-state index in [4.69, 9.17) is 27.1 Å². The molecule has 168 valence electrons. The Morgan fingerprint density at radius 3 is 2.48 bits per heavy atom. The molecule has 1 heterocycles. The SMILES string of the molecule is CCCN(CCC)c1ccc(-c2ccc(Cl)cc2OCCCCBr)c2nc(N)n(C)c12. The number of anilines is 2. The number of hydrogen-bond donors (Lipinski definition) is 1. The van der Waals surface area contributed by atoms with Crippen molar-refractivity contribution in [3.05, 3.63) is 35.4 Å². The standard InChI is InChI=1S/C24H32BrClN4O/c1-4-13-30(14-5-2)20-11-10-19(22-23(20)29(3)24(27)28-22)18-9-8-17(26)16-21(18)31-15-7-6-12-25/h8-11,16H,4-7,12-15H2,1-3H3,(H2,27,28). The number of aromatic nitrogens is 2. The van der Waals surface area contributed by atoms with Crippen LogP contribution in [-0.4, -0.2) is 34.6 Å². The van der Waals surface area contributed by atoms with Crippen molar-refractivity contribution in [1.82, 2.24) is 9.55 Å². The summed E-state index contributed by atoms with van der Waals surface area (Å²) in [5, 5.41) is 1.63. The van der Waals surface area contributed by atoms with Crippen LogP contribution in [0, 0.1) is 0 Å². The third-order valence-electron chi connectivity index (χ3n) is 5.38. The van der Waals surface area contributed by atoms with Crippen LogP contribution in [0.1, 0.15) is 39.5 Å². The number of aryl methyl sites for hydroxylation is 1. The molecule has 0 spiro atoms. The fourth-order valence-corrected chi connectivity index (χ4v) is 4.46. The van der Waals surface area contributed by atoms with Gasteiger partial charge in [-0.15, -0.1) is 0 Å². The third-order valence-corrected chi connectivity index (χ3v) is 6.18. The van der Waals surface area contributed by atoms with Crippen LogP contribution in [0.25, 0.3) is 22.2 Å². The van der Waals surface area contributed by atoms with Gasteiger partial charge < -0.3 is 19.9 Å². The number of nitrogen functional groups attached to an aromatic ring is 1. The zero-order valence-electron chi connectivity index (χ0n) is 18.6. The van der Waals surface area contributed by atoms with E-state index in [9.17, 15) is 0 Å². The van der Waals surface area contributed by atoms with Crippen molar-refractivity contribution in [2.24, 2.45) is 7.05 Å². The maximum absolute atomic E-state index is 6.29. The van der Waals surface area contributed by atoms with E-state index < -0.39 is 0 Å². The second-order valence-corrected chi connectivity index (χ2v) is 8.96. The fourth-order valence-electron chi connectivity index (χ4n) is 3.90. The molecule has 3 aromatic rings. The second kappa shape index (κ2) is 11.1. The molecule has 0 atom stereocenters. The van der Waals surface area contributed by atoms with Gasteiger partial charge in [0.05, 0.1) is 17.8 Å². The van der Waals surface area contributed by atoms with Gasteiger partial charge >= 0.3 is 0 Å². The molecule has 0 amide bonds. The summed E-state index contributed by atoms with van der Waals surface area (Å²) in [7, 11) is 1.98.